The minimum atomic E-state index is 0.00484. The average molecular weight is 280 g/mol. The molecule has 0 spiro atoms. The van der Waals surface area contributed by atoms with Crippen LogP contribution in [0.3, 0.4) is 0 Å². The summed E-state index contributed by atoms with van der Waals surface area (Å²) in [5, 5.41) is 4.57. The zero-order chi connectivity index (χ0) is 14.2. The van der Waals surface area contributed by atoms with Gasteiger partial charge in [-0.2, -0.15) is 5.10 Å². The number of aromatic nitrogens is 5. The minimum Gasteiger partial charge on any atom is -0.321 e. The van der Waals surface area contributed by atoms with E-state index >= 15 is 0 Å². The van der Waals surface area contributed by atoms with Crippen molar-refractivity contribution < 1.29 is 0 Å². The molecule has 0 amide bonds. The van der Waals surface area contributed by atoms with Crippen molar-refractivity contribution >= 4 is 0 Å². The van der Waals surface area contributed by atoms with Crippen molar-refractivity contribution in [3.05, 3.63) is 48.8 Å². The van der Waals surface area contributed by atoms with Crippen LogP contribution in [0.1, 0.15) is 24.7 Å². The van der Waals surface area contributed by atoms with E-state index < -0.39 is 0 Å². The maximum absolute atomic E-state index is 6.09. The molecule has 1 atom stereocenters. The van der Waals surface area contributed by atoms with E-state index in [2.05, 4.69) is 15.1 Å². The van der Waals surface area contributed by atoms with Gasteiger partial charge in [-0.15, -0.1) is 0 Å². The van der Waals surface area contributed by atoms with Gasteiger partial charge in [-0.1, -0.05) is 0 Å². The molecule has 0 radical (unpaired) electrons. The van der Waals surface area contributed by atoms with Crippen LogP contribution in [0.15, 0.2) is 43.0 Å². The molecular formula is C15H16N6. The van der Waals surface area contributed by atoms with E-state index in [1.807, 2.05) is 39.7 Å². The van der Waals surface area contributed by atoms with Crippen molar-refractivity contribution in [3.63, 3.8) is 0 Å². The maximum Gasteiger partial charge on any atom is 0.181 e. The van der Waals surface area contributed by atoms with Crippen molar-refractivity contribution in [1.82, 2.24) is 24.3 Å². The highest BCUT2D eigenvalue weighted by Crippen LogP contribution is 2.24. The highest BCUT2D eigenvalue weighted by molar-refractivity contribution is 5.57. The van der Waals surface area contributed by atoms with Crippen LogP contribution >= 0.6 is 0 Å². The standard InChI is InChI=1S/C15H16N6/c16-13-2-1-8-21-15(13)18-14(19-21)11-3-5-12(6-4-11)20-9-7-17-10-20/h3-7,9-10,13H,1-2,8,16H2. The van der Waals surface area contributed by atoms with Crippen molar-refractivity contribution in [2.75, 3.05) is 0 Å². The van der Waals surface area contributed by atoms with E-state index in [-0.39, 0.29) is 6.04 Å². The summed E-state index contributed by atoms with van der Waals surface area (Å²) >= 11 is 0. The Labute approximate surface area is 122 Å². The van der Waals surface area contributed by atoms with Gasteiger partial charge in [-0.3, -0.25) is 0 Å². The number of hydrogen-bond acceptors (Lipinski definition) is 4. The van der Waals surface area contributed by atoms with Gasteiger partial charge in [0.1, 0.15) is 5.82 Å². The van der Waals surface area contributed by atoms with Gasteiger partial charge >= 0.3 is 0 Å². The molecule has 0 saturated carbocycles. The summed E-state index contributed by atoms with van der Waals surface area (Å²) in [6.07, 6.45) is 7.51. The lowest BCUT2D eigenvalue weighted by molar-refractivity contribution is 0.422. The molecule has 2 N–H and O–H groups in total. The van der Waals surface area contributed by atoms with Crippen molar-refractivity contribution in [2.24, 2.45) is 5.73 Å². The Bertz CT molecular complexity index is 741. The number of aryl methyl sites for hydroxylation is 1. The van der Waals surface area contributed by atoms with Crippen LogP contribution in [0.4, 0.5) is 0 Å². The van der Waals surface area contributed by atoms with Crippen LogP contribution in [-0.4, -0.2) is 24.3 Å². The van der Waals surface area contributed by atoms with Crippen molar-refractivity contribution in [1.29, 1.82) is 0 Å². The first-order chi connectivity index (χ1) is 10.3. The van der Waals surface area contributed by atoms with Gasteiger partial charge in [0, 0.05) is 30.2 Å². The molecule has 0 aliphatic carbocycles. The molecule has 106 valence electrons. The normalized spacial score (nSPS) is 17.7. The van der Waals surface area contributed by atoms with Gasteiger partial charge < -0.3 is 10.3 Å². The van der Waals surface area contributed by atoms with Crippen LogP contribution in [-0.2, 0) is 6.54 Å². The third kappa shape index (κ3) is 2.13. The average Bonchev–Trinajstić information content (AvgIpc) is 3.18. The van der Waals surface area contributed by atoms with Gasteiger partial charge in [-0.05, 0) is 37.1 Å². The molecule has 6 nitrogen and oxygen atoms in total. The van der Waals surface area contributed by atoms with E-state index in [0.717, 1.165) is 42.3 Å². The number of imidazole rings is 1. The fourth-order valence-corrected chi connectivity index (χ4v) is 2.70. The molecule has 1 aromatic carbocycles. The number of nitrogens with zero attached hydrogens (tertiary/aromatic N) is 5. The topological polar surface area (TPSA) is 74.6 Å². The monoisotopic (exact) mass is 280 g/mol. The third-order valence-corrected chi connectivity index (χ3v) is 3.85. The number of hydrogen-bond donors (Lipinski definition) is 1. The molecule has 0 fully saturated rings. The summed E-state index contributed by atoms with van der Waals surface area (Å²) in [5.74, 6) is 1.65. The minimum absolute atomic E-state index is 0.00484. The summed E-state index contributed by atoms with van der Waals surface area (Å²) in [4.78, 5) is 8.65. The van der Waals surface area contributed by atoms with Crippen LogP contribution < -0.4 is 5.73 Å². The highest BCUT2D eigenvalue weighted by Gasteiger charge is 2.21. The summed E-state index contributed by atoms with van der Waals surface area (Å²) in [6, 6.07) is 8.14. The summed E-state index contributed by atoms with van der Waals surface area (Å²) in [5.41, 5.74) is 8.17. The molecule has 0 saturated heterocycles. The smallest absolute Gasteiger partial charge is 0.181 e. The summed E-state index contributed by atoms with van der Waals surface area (Å²) < 4.78 is 3.90. The van der Waals surface area contributed by atoms with E-state index in [4.69, 9.17) is 5.73 Å². The highest BCUT2D eigenvalue weighted by atomic mass is 15.4. The molecule has 6 heteroatoms. The summed E-state index contributed by atoms with van der Waals surface area (Å²) in [6.45, 7) is 0.906. The second-order valence-corrected chi connectivity index (χ2v) is 5.28. The zero-order valence-electron chi connectivity index (χ0n) is 11.6. The first kappa shape index (κ1) is 12.3. The number of nitrogens with two attached hydrogens (primary N) is 1. The quantitative estimate of drug-likeness (QED) is 0.778. The first-order valence-electron chi connectivity index (χ1n) is 7.10. The second kappa shape index (κ2) is 4.82. The van der Waals surface area contributed by atoms with Crippen LogP contribution in [0.25, 0.3) is 17.1 Å². The van der Waals surface area contributed by atoms with Gasteiger partial charge in [0.2, 0.25) is 0 Å². The Hall–Kier alpha value is -2.47. The third-order valence-electron chi connectivity index (χ3n) is 3.85. The lowest BCUT2D eigenvalue weighted by Gasteiger charge is -2.17. The lowest BCUT2D eigenvalue weighted by Crippen LogP contribution is -2.22. The molecule has 3 heterocycles. The lowest BCUT2D eigenvalue weighted by atomic mass is 10.1. The number of rotatable bonds is 2. The zero-order valence-corrected chi connectivity index (χ0v) is 11.6. The van der Waals surface area contributed by atoms with E-state index in [0.29, 0.717) is 0 Å². The van der Waals surface area contributed by atoms with Crippen LogP contribution in [0.5, 0.6) is 0 Å². The van der Waals surface area contributed by atoms with Crippen molar-refractivity contribution in [3.8, 4) is 17.1 Å². The summed E-state index contributed by atoms with van der Waals surface area (Å²) in [7, 11) is 0. The van der Waals surface area contributed by atoms with Gasteiger partial charge in [0.25, 0.3) is 0 Å². The van der Waals surface area contributed by atoms with Gasteiger partial charge in [0.05, 0.1) is 12.4 Å². The van der Waals surface area contributed by atoms with Crippen molar-refractivity contribution in [2.45, 2.75) is 25.4 Å². The number of fused-ring (bicyclic) bond motifs is 1. The Balaban J connectivity index is 1.68. The molecule has 1 unspecified atom stereocenters. The molecule has 21 heavy (non-hydrogen) atoms. The van der Waals surface area contributed by atoms with E-state index in [1.54, 1.807) is 12.5 Å². The largest absolute Gasteiger partial charge is 0.321 e. The first-order valence-corrected chi connectivity index (χ1v) is 7.10. The second-order valence-electron chi connectivity index (χ2n) is 5.28. The Morgan fingerprint density at radius 2 is 2.05 bits per heavy atom. The fraction of sp³-hybridized carbons (Fsp3) is 0.267. The fourth-order valence-electron chi connectivity index (χ4n) is 2.70. The Kier molecular flexibility index (Phi) is 2.82. The Morgan fingerprint density at radius 3 is 2.76 bits per heavy atom. The molecular weight excluding hydrogens is 264 g/mol. The van der Waals surface area contributed by atoms with E-state index in [9.17, 15) is 0 Å². The van der Waals surface area contributed by atoms with Crippen LogP contribution in [0, 0.1) is 0 Å². The molecule has 4 rings (SSSR count). The van der Waals surface area contributed by atoms with E-state index in [1.165, 1.54) is 0 Å². The maximum atomic E-state index is 6.09. The molecule has 3 aromatic rings. The SMILES string of the molecule is NC1CCCn2nc(-c3ccc(-n4ccnc4)cc3)nc21. The predicted molar refractivity (Wildman–Crippen MR) is 78.7 cm³/mol. The predicted octanol–water partition coefficient (Wildman–Crippen LogP) is 1.92. The van der Waals surface area contributed by atoms with Crippen LogP contribution in [0.2, 0.25) is 0 Å². The number of benzene rings is 1. The Morgan fingerprint density at radius 1 is 1.19 bits per heavy atom. The molecule has 1 aliphatic rings. The van der Waals surface area contributed by atoms with Gasteiger partial charge in [0.15, 0.2) is 5.82 Å². The molecule has 2 aromatic heterocycles. The molecule has 1 aliphatic heterocycles. The van der Waals surface area contributed by atoms with Gasteiger partial charge in [-0.25, -0.2) is 14.6 Å². The molecule has 0 bridgehead atoms.